The van der Waals surface area contributed by atoms with E-state index in [0.29, 0.717) is 0 Å². The van der Waals surface area contributed by atoms with E-state index >= 15 is 0 Å². The van der Waals surface area contributed by atoms with Gasteiger partial charge in [-0.25, -0.2) is 0 Å². The van der Waals surface area contributed by atoms with Crippen LogP contribution in [0, 0.1) is 0 Å². The van der Waals surface area contributed by atoms with E-state index in [4.69, 9.17) is 0 Å². The minimum absolute atomic E-state index is 1.01. The number of hydrogen-bond acceptors (Lipinski definition) is 1. The van der Waals surface area contributed by atoms with Crippen LogP contribution in [0.2, 0.25) is 0 Å². The molecule has 0 spiro atoms. The van der Waals surface area contributed by atoms with Crippen molar-refractivity contribution in [2.75, 3.05) is 0 Å². The Kier molecular flexibility index (Phi) is 3.18. The van der Waals surface area contributed by atoms with Gasteiger partial charge in [-0.2, -0.15) is 0 Å². The maximum absolute atomic E-state index is 4.49. The molecule has 0 saturated heterocycles. The number of nitrogens with zero attached hydrogens (tertiary/aromatic N) is 1. The third kappa shape index (κ3) is 2.33. The number of benzene rings is 2. The SMILES string of the molecule is Brc1cccc(-c2cnc3ccc(Br)cc3c2)c1. The Morgan fingerprint density at radius 2 is 1.61 bits per heavy atom. The molecule has 0 atom stereocenters. The van der Waals surface area contributed by atoms with Crippen LogP contribution < -0.4 is 0 Å². The summed E-state index contributed by atoms with van der Waals surface area (Å²) >= 11 is 6.98. The molecule has 0 amide bonds. The summed E-state index contributed by atoms with van der Waals surface area (Å²) in [6, 6.07) is 16.5. The van der Waals surface area contributed by atoms with Crippen molar-refractivity contribution in [3.8, 4) is 11.1 Å². The molecule has 0 aliphatic carbocycles. The van der Waals surface area contributed by atoms with E-state index in [-0.39, 0.29) is 0 Å². The van der Waals surface area contributed by atoms with E-state index in [0.717, 1.165) is 25.4 Å². The summed E-state index contributed by atoms with van der Waals surface area (Å²) in [4.78, 5) is 4.49. The van der Waals surface area contributed by atoms with Crippen molar-refractivity contribution in [3.05, 3.63) is 63.7 Å². The van der Waals surface area contributed by atoms with Crippen LogP contribution >= 0.6 is 31.9 Å². The first kappa shape index (κ1) is 11.9. The molecule has 0 aliphatic heterocycles. The van der Waals surface area contributed by atoms with Gasteiger partial charge in [0.15, 0.2) is 0 Å². The third-order valence-electron chi connectivity index (χ3n) is 2.80. The van der Waals surface area contributed by atoms with Gasteiger partial charge in [0.25, 0.3) is 0 Å². The maximum atomic E-state index is 4.49. The van der Waals surface area contributed by atoms with E-state index in [1.54, 1.807) is 0 Å². The molecule has 0 fully saturated rings. The summed E-state index contributed by atoms with van der Waals surface area (Å²) in [7, 11) is 0. The maximum Gasteiger partial charge on any atom is 0.0703 e. The predicted molar refractivity (Wildman–Crippen MR) is 82.6 cm³/mol. The van der Waals surface area contributed by atoms with Gasteiger partial charge >= 0.3 is 0 Å². The second-order valence-corrected chi connectivity index (χ2v) is 5.90. The first-order chi connectivity index (χ1) is 8.72. The van der Waals surface area contributed by atoms with Crippen molar-refractivity contribution in [3.63, 3.8) is 0 Å². The van der Waals surface area contributed by atoms with E-state index in [1.165, 1.54) is 5.56 Å². The van der Waals surface area contributed by atoms with E-state index in [1.807, 2.05) is 30.5 Å². The topological polar surface area (TPSA) is 12.9 Å². The van der Waals surface area contributed by atoms with E-state index in [9.17, 15) is 0 Å². The Morgan fingerprint density at radius 1 is 0.778 bits per heavy atom. The Morgan fingerprint density at radius 3 is 2.44 bits per heavy atom. The van der Waals surface area contributed by atoms with Crippen molar-refractivity contribution in [1.29, 1.82) is 0 Å². The standard InChI is InChI=1S/C15H9Br2N/c16-13-3-1-2-10(7-13)12-6-11-8-14(17)4-5-15(11)18-9-12/h1-9H. The second-order valence-electron chi connectivity index (χ2n) is 4.07. The number of rotatable bonds is 1. The van der Waals surface area contributed by atoms with Crippen LogP contribution in [0.3, 0.4) is 0 Å². The largest absolute Gasteiger partial charge is 0.256 e. The summed E-state index contributed by atoms with van der Waals surface area (Å²) in [5.74, 6) is 0. The fourth-order valence-corrected chi connectivity index (χ4v) is 2.71. The number of hydrogen-bond donors (Lipinski definition) is 0. The van der Waals surface area contributed by atoms with Crippen molar-refractivity contribution in [1.82, 2.24) is 4.98 Å². The molecule has 0 unspecified atom stereocenters. The zero-order valence-corrected chi connectivity index (χ0v) is 12.6. The average Bonchev–Trinajstić information content (AvgIpc) is 2.38. The lowest BCUT2D eigenvalue weighted by atomic mass is 10.1. The van der Waals surface area contributed by atoms with Crippen molar-refractivity contribution >= 4 is 42.8 Å². The smallest absolute Gasteiger partial charge is 0.0703 e. The number of halogens is 2. The lowest BCUT2D eigenvalue weighted by molar-refractivity contribution is 1.40. The van der Waals surface area contributed by atoms with Crippen LogP contribution in [-0.2, 0) is 0 Å². The molecule has 0 bridgehead atoms. The Balaban J connectivity index is 2.18. The summed E-state index contributed by atoms with van der Waals surface area (Å²) in [6.07, 6.45) is 1.91. The molecule has 0 saturated carbocycles. The average molecular weight is 363 g/mol. The first-order valence-corrected chi connectivity index (χ1v) is 7.12. The zero-order valence-electron chi connectivity index (χ0n) is 9.40. The molecule has 1 nitrogen and oxygen atoms in total. The molecule has 3 rings (SSSR count). The summed E-state index contributed by atoms with van der Waals surface area (Å²) in [5.41, 5.74) is 3.30. The van der Waals surface area contributed by atoms with Gasteiger partial charge in [0.1, 0.15) is 0 Å². The molecule has 3 heteroatoms. The fourth-order valence-electron chi connectivity index (χ4n) is 1.93. The van der Waals surface area contributed by atoms with E-state index < -0.39 is 0 Å². The van der Waals surface area contributed by atoms with Gasteiger partial charge in [-0.05, 0) is 42.0 Å². The van der Waals surface area contributed by atoms with Gasteiger partial charge < -0.3 is 0 Å². The Labute approximate surface area is 122 Å². The van der Waals surface area contributed by atoms with Crippen LogP contribution in [-0.4, -0.2) is 4.98 Å². The van der Waals surface area contributed by atoms with Gasteiger partial charge in [-0.3, -0.25) is 4.98 Å². The molecular weight excluding hydrogens is 354 g/mol. The molecular formula is C15H9Br2N. The molecule has 88 valence electrons. The Hall–Kier alpha value is -1.19. The van der Waals surface area contributed by atoms with Gasteiger partial charge in [0, 0.05) is 26.1 Å². The monoisotopic (exact) mass is 361 g/mol. The molecule has 0 N–H and O–H groups in total. The normalized spacial score (nSPS) is 10.8. The summed E-state index contributed by atoms with van der Waals surface area (Å²) in [5, 5.41) is 1.14. The zero-order chi connectivity index (χ0) is 12.5. The second kappa shape index (κ2) is 4.82. The highest BCUT2D eigenvalue weighted by Crippen LogP contribution is 2.26. The number of pyridine rings is 1. The first-order valence-electron chi connectivity index (χ1n) is 5.54. The van der Waals surface area contributed by atoms with Crippen molar-refractivity contribution in [2.45, 2.75) is 0 Å². The van der Waals surface area contributed by atoms with Crippen molar-refractivity contribution < 1.29 is 0 Å². The Bertz CT molecular complexity index is 723. The molecule has 0 radical (unpaired) electrons. The van der Waals surface area contributed by atoms with Gasteiger partial charge in [-0.1, -0.05) is 44.0 Å². The highest BCUT2D eigenvalue weighted by atomic mass is 79.9. The molecule has 3 aromatic rings. The molecule has 1 heterocycles. The minimum Gasteiger partial charge on any atom is -0.256 e. The third-order valence-corrected chi connectivity index (χ3v) is 3.79. The van der Waals surface area contributed by atoms with Gasteiger partial charge in [0.2, 0.25) is 0 Å². The van der Waals surface area contributed by atoms with Crippen LogP contribution in [0.25, 0.3) is 22.0 Å². The number of fused-ring (bicyclic) bond motifs is 1. The quantitative estimate of drug-likeness (QED) is 0.562. The highest BCUT2D eigenvalue weighted by Gasteiger charge is 2.02. The van der Waals surface area contributed by atoms with Crippen LogP contribution in [0.1, 0.15) is 0 Å². The van der Waals surface area contributed by atoms with Crippen LogP contribution in [0.4, 0.5) is 0 Å². The number of aromatic nitrogens is 1. The summed E-state index contributed by atoms with van der Waals surface area (Å²) in [6.45, 7) is 0. The van der Waals surface area contributed by atoms with Crippen LogP contribution in [0.15, 0.2) is 63.7 Å². The molecule has 2 aromatic carbocycles. The highest BCUT2D eigenvalue weighted by molar-refractivity contribution is 9.10. The van der Waals surface area contributed by atoms with Gasteiger partial charge in [-0.15, -0.1) is 0 Å². The lowest BCUT2D eigenvalue weighted by Crippen LogP contribution is -1.83. The summed E-state index contributed by atoms with van der Waals surface area (Å²) < 4.78 is 2.15. The van der Waals surface area contributed by atoms with E-state index in [2.05, 4.69) is 61.1 Å². The minimum atomic E-state index is 1.01. The van der Waals surface area contributed by atoms with Crippen LogP contribution in [0.5, 0.6) is 0 Å². The molecule has 18 heavy (non-hydrogen) atoms. The lowest BCUT2D eigenvalue weighted by Gasteiger charge is -2.04. The molecule has 1 aromatic heterocycles. The van der Waals surface area contributed by atoms with Crippen molar-refractivity contribution in [2.24, 2.45) is 0 Å². The molecule has 0 aliphatic rings. The van der Waals surface area contributed by atoms with Gasteiger partial charge in [0.05, 0.1) is 5.52 Å². The predicted octanol–water partition coefficient (Wildman–Crippen LogP) is 5.43. The fraction of sp³-hybridized carbons (Fsp3) is 0.